The van der Waals surface area contributed by atoms with E-state index in [0.717, 1.165) is 6.08 Å². The van der Waals surface area contributed by atoms with Crippen molar-refractivity contribution in [3.63, 3.8) is 0 Å². The maximum atomic E-state index is 10.4. The lowest BCUT2D eigenvalue weighted by molar-refractivity contribution is -0.132. The van der Waals surface area contributed by atoms with Crippen molar-refractivity contribution in [3.8, 4) is 0 Å². The molecule has 1 rings (SSSR count). The quantitative estimate of drug-likeness (QED) is 0.450. The summed E-state index contributed by atoms with van der Waals surface area (Å²) in [6, 6.07) is 0. The first-order valence-electron chi connectivity index (χ1n) is 3.15. The van der Waals surface area contributed by atoms with Gasteiger partial charge in [-0.15, -0.1) is 0 Å². The van der Waals surface area contributed by atoms with Crippen molar-refractivity contribution in [1.82, 2.24) is 0 Å². The zero-order chi connectivity index (χ0) is 8.48. The van der Waals surface area contributed by atoms with Gasteiger partial charge in [0.2, 0.25) is 0 Å². The highest BCUT2D eigenvalue weighted by atomic mass is 16.4. The van der Waals surface area contributed by atoms with E-state index in [1.807, 2.05) is 0 Å². The number of carboxylic acids is 1. The second-order valence-electron chi connectivity index (χ2n) is 2.50. The third kappa shape index (κ3) is 1.89. The number of aliphatic carboxylic acids is 1. The number of carbonyl (C=O) groups is 1. The minimum absolute atomic E-state index is 0.0289. The maximum absolute atomic E-state index is 10.4. The molecule has 0 saturated heterocycles. The predicted octanol–water partition coefficient (Wildman–Crippen LogP) is -0.395. The van der Waals surface area contributed by atoms with Crippen molar-refractivity contribution in [2.75, 3.05) is 0 Å². The molecule has 0 aromatic heterocycles. The van der Waals surface area contributed by atoms with Gasteiger partial charge in [-0.05, 0) is 6.08 Å². The second-order valence-corrected chi connectivity index (χ2v) is 2.50. The van der Waals surface area contributed by atoms with Crippen LogP contribution in [0, 0.1) is 0 Å². The smallest absolute Gasteiger partial charge is 0.335 e. The molecule has 0 saturated carbocycles. The van der Waals surface area contributed by atoms with Crippen molar-refractivity contribution >= 4 is 5.97 Å². The summed E-state index contributed by atoms with van der Waals surface area (Å²) < 4.78 is 0. The minimum atomic E-state index is -1.50. The lowest BCUT2D eigenvalue weighted by Crippen LogP contribution is -2.38. The van der Waals surface area contributed by atoms with Gasteiger partial charge in [0.25, 0.3) is 0 Å². The molecule has 0 heterocycles. The van der Waals surface area contributed by atoms with Gasteiger partial charge in [0, 0.05) is 6.42 Å². The number of rotatable bonds is 1. The first-order valence-corrected chi connectivity index (χ1v) is 3.15. The Balaban J connectivity index is 2.89. The number of aliphatic hydroxyl groups is 1. The fourth-order valence-corrected chi connectivity index (χ4v) is 0.884. The fourth-order valence-electron chi connectivity index (χ4n) is 0.884. The highest BCUT2D eigenvalue weighted by molar-refractivity contribution is 5.90. The van der Waals surface area contributed by atoms with Crippen LogP contribution in [-0.4, -0.2) is 21.9 Å². The van der Waals surface area contributed by atoms with Gasteiger partial charge in [0.15, 0.2) is 0 Å². The Labute approximate surface area is 63.6 Å². The summed E-state index contributed by atoms with van der Waals surface area (Å²) in [7, 11) is 0. The van der Waals surface area contributed by atoms with Crippen molar-refractivity contribution in [3.05, 3.63) is 23.8 Å². The Bertz CT molecular complexity index is 240. The Morgan fingerprint density at radius 3 is 2.73 bits per heavy atom. The van der Waals surface area contributed by atoms with Crippen molar-refractivity contribution < 1.29 is 15.0 Å². The molecule has 1 unspecified atom stereocenters. The Kier molecular flexibility index (Phi) is 1.80. The van der Waals surface area contributed by atoms with Crippen LogP contribution in [0.5, 0.6) is 0 Å². The van der Waals surface area contributed by atoms with Gasteiger partial charge in [0.1, 0.15) is 5.72 Å². The molecule has 4 nitrogen and oxygen atoms in total. The Morgan fingerprint density at radius 1 is 1.73 bits per heavy atom. The molecule has 0 fully saturated rings. The highest BCUT2D eigenvalue weighted by Gasteiger charge is 2.21. The van der Waals surface area contributed by atoms with Crippen LogP contribution in [0.2, 0.25) is 0 Å². The summed E-state index contributed by atoms with van der Waals surface area (Å²) in [6.45, 7) is 0. The number of carboxylic acid groups (broad SMARTS) is 1. The van der Waals surface area contributed by atoms with E-state index in [1.165, 1.54) is 12.2 Å². The summed E-state index contributed by atoms with van der Waals surface area (Å²) in [5.74, 6) is -1.08. The van der Waals surface area contributed by atoms with Gasteiger partial charge < -0.3 is 15.9 Å². The van der Waals surface area contributed by atoms with E-state index < -0.39 is 11.7 Å². The van der Waals surface area contributed by atoms with Crippen LogP contribution in [0.25, 0.3) is 0 Å². The van der Waals surface area contributed by atoms with E-state index in [2.05, 4.69) is 0 Å². The van der Waals surface area contributed by atoms with Crippen molar-refractivity contribution in [2.24, 2.45) is 5.73 Å². The molecule has 4 heteroatoms. The van der Waals surface area contributed by atoms with Crippen LogP contribution in [0.1, 0.15) is 6.42 Å². The molecule has 0 spiro atoms. The molecule has 0 aromatic rings. The Hall–Kier alpha value is -1.13. The van der Waals surface area contributed by atoms with E-state index in [0.29, 0.717) is 0 Å². The molecule has 0 aromatic carbocycles. The van der Waals surface area contributed by atoms with Gasteiger partial charge in [0.05, 0.1) is 5.57 Å². The first-order chi connectivity index (χ1) is 5.01. The molecule has 0 bridgehead atoms. The average Bonchev–Trinajstić information content (AvgIpc) is 1.85. The summed E-state index contributed by atoms with van der Waals surface area (Å²) in [5, 5.41) is 17.7. The molecule has 0 amide bonds. The van der Waals surface area contributed by atoms with Crippen LogP contribution in [0.4, 0.5) is 0 Å². The molecule has 60 valence electrons. The Morgan fingerprint density at radius 2 is 2.36 bits per heavy atom. The molecular formula is C7H9NO3. The molecule has 11 heavy (non-hydrogen) atoms. The molecule has 4 N–H and O–H groups in total. The predicted molar refractivity (Wildman–Crippen MR) is 38.6 cm³/mol. The zero-order valence-corrected chi connectivity index (χ0v) is 5.82. The van der Waals surface area contributed by atoms with Gasteiger partial charge in [-0.25, -0.2) is 4.79 Å². The van der Waals surface area contributed by atoms with Gasteiger partial charge in [-0.3, -0.25) is 0 Å². The van der Waals surface area contributed by atoms with Gasteiger partial charge >= 0.3 is 5.97 Å². The normalized spacial score (nSPS) is 29.8. The molecule has 0 radical (unpaired) electrons. The van der Waals surface area contributed by atoms with E-state index in [9.17, 15) is 9.90 Å². The fraction of sp³-hybridized carbons (Fsp3) is 0.286. The number of hydrogen-bond donors (Lipinski definition) is 3. The standard InChI is InChI=1S/C7H9NO3/c8-7(11)3-1-2-5(4-7)6(9)10/h1-2,4,11H,3,8H2,(H,9,10). The largest absolute Gasteiger partial charge is 0.478 e. The summed E-state index contributed by atoms with van der Waals surface area (Å²) >= 11 is 0. The van der Waals surface area contributed by atoms with E-state index >= 15 is 0 Å². The minimum Gasteiger partial charge on any atom is -0.478 e. The summed E-state index contributed by atoms with van der Waals surface area (Å²) in [6.07, 6.45) is 4.34. The van der Waals surface area contributed by atoms with Crippen LogP contribution in [0.15, 0.2) is 23.8 Å². The lowest BCUT2D eigenvalue weighted by Gasteiger charge is -2.20. The third-order valence-electron chi connectivity index (χ3n) is 1.39. The molecule has 1 atom stereocenters. The monoisotopic (exact) mass is 155 g/mol. The average molecular weight is 155 g/mol. The van der Waals surface area contributed by atoms with E-state index in [-0.39, 0.29) is 12.0 Å². The maximum Gasteiger partial charge on any atom is 0.335 e. The van der Waals surface area contributed by atoms with Gasteiger partial charge in [-0.1, -0.05) is 12.2 Å². The van der Waals surface area contributed by atoms with Crippen molar-refractivity contribution in [2.45, 2.75) is 12.1 Å². The van der Waals surface area contributed by atoms with Crippen LogP contribution >= 0.6 is 0 Å². The van der Waals surface area contributed by atoms with Crippen LogP contribution < -0.4 is 5.73 Å². The third-order valence-corrected chi connectivity index (χ3v) is 1.39. The van der Waals surface area contributed by atoms with E-state index in [1.54, 1.807) is 0 Å². The first kappa shape index (κ1) is 7.97. The van der Waals surface area contributed by atoms with Crippen LogP contribution in [-0.2, 0) is 4.79 Å². The highest BCUT2D eigenvalue weighted by Crippen LogP contribution is 2.15. The van der Waals surface area contributed by atoms with Gasteiger partial charge in [-0.2, -0.15) is 0 Å². The lowest BCUT2D eigenvalue weighted by atomic mass is 10.0. The number of nitrogens with two attached hydrogens (primary N) is 1. The molecular weight excluding hydrogens is 146 g/mol. The molecule has 1 aliphatic carbocycles. The van der Waals surface area contributed by atoms with Crippen molar-refractivity contribution in [1.29, 1.82) is 0 Å². The summed E-state index contributed by atoms with van der Waals surface area (Å²) in [5.41, 5.74) is 3.80. The SMILES string of the molecule is NC1(O)C=C(C(=O)O)C=CC1. The van der Waals surface area contributed by atoms with E-state index in [4.69, 9.17) is 10.8 Å². The topological polar surface area (TPSA) is 83.5 Å². The second kappa shape index (κ2) is 2.48. The summed E-state index contributed by atoms with van der Waals surface area (Å²) in [4.78, 5) is 10.4. The zero-order valence-electron chi connectivity index (χ0n) is 5.82. The molecule has 1 aliphatic rings. The number of hydrogen-bond acceptors (Lipinski definition) is 3. The van der Waals surface area contributed by atoms with Crippen LogP contribution in [0.3, 0.4) is 0 Å². The molecule has 0 aliphatic heterocycles.